The van der Waals surface area contributed by atoms with Gasteiger partial charge >= 0.3 is 0 Å². The molecule has 228 valence electrons. The number of hydrogen-bond donors (Lipinski definition) is 2. The Morgan fingerprint density at radius 2 is 1.53 bits per heavy atom. The van der Waals surface area contributed by atoms with Crippen LogP contribution < -0.4 is 29.7 Å². The maximum absolute atomic E-state index is 14.1. The van der Waals surface area contributed by atoms with Gasteiger partial charge in [0.25, 0.3) is 0 Å². The molecule has 2 N–H and O–H groups in total. The summed E-state index contributed by atoms with van der Waals surface area (Å²) < 4.78 is 16.3. The second-order valence-corrected chi connectivity index (χ2v) is 10.5. The topological polar surface area (TPSA) is 119 Å². The fourth-order valence-corrected chi connectivity index (χ4v) is 5.26. The van der Waals surface area contributed by atoms with Gasteiger partial charge in [0.05, 0.1) is 27.0 Å². The lowest BCUT2D eigenvalue weighted by Gasteiger charge is -2.34. The quantitative estimate of drug-likeness (QED) is 0.273. The molecule has 1 saturated carbocycles. The first kappa shape index (κ1) is 31.3. The highest BCUT2D eigenvalue weighted by Gasteiger charge is 2.34. The van der Waals surface area contributed by atoms with Gasteiger partial charge in [0.15, 0.2) is 0 Å². The number of rotatable bonds is 13. The van der Waals surface area contributed by atoms with Crippen LogP contribution in [0.25, 0.3) is 0 Å². The molecule has 0 aliphatic heterocycles. The summed E-state index contributed by atoms with van der Waals surface area (Å²) in [6.45, 7) is 0. The van der Waals surface area contributed by atoms with Crippen molar-refractivity contribution in [3.8, 4) is 17.2 Å². The van der Waals surface area contributed by atoms with Crippen molar-refractivity contribution in [2.45, 2.75) is 63.5 Å². The highest BCUT2D eigenvalue weighted by molar-refractivity contribution is 6.02. The molecule has 4 rings (SSSR count). The van der Waals surface area contributed by atoms with Gasteiger partial charge in [0.2, 0.25) is 17.7 Å². The van der Waals surface area contributed by atoms with Crippen LogP contribution in [0.2, 0.25) is 0 Å². The van der Waals surface area contributed by atoms with E-state index in [4.69, 9.17) is 14.2 Å². The number of ether oxygens (including phenoxy) is 3. The minimum atomic E-state index is -0.987. The zero-order valence-corrected chi connectivity index (χ0v) is 25.0. The first-order valence-corrected chi connectivity index (χ1v) is 14.6. The van der Waals surface area contributed by atoms with Crippen molar-refractivity contribution in [2.75, 3.05) is 31.5 Å². The van der Waals surface area contributed by atoms with Gasteiger partial charge in [-0.25, -0.2) is 4.98 Å². The number of aromatic nitrogens is 1. The number of anilines is 2. The standard InChI is InChI=1S/C33H40N4O6/c1-41-26-17-15-23(16-18-26)32(33(40)35-24-10-5-4-6-11-24)37(25-20-27(42-2)22-28(21-25)43-3)31(39)14-9-13-30(38)36-29-12-7-8-19-34-29/h7-8,12,15-22,24,32H,4-6,9-11,13-14H2,1-3H3,(H,35,40)(H,34,36,38). The lowest BCUT2D eigenvalue weighted by atomic mass is 9.94. The molecule has 3 amide bonds. The van der Waals surface area contributed by atoms with Crippen molar-refractivity contribution < 1.29 is 28.6 Å². The lowest BCUT2D eigenvalue weighted by molar-refractivity contribution is -0.127. The zero-order valence-electron chi connectivity index (χ0n) is 25.0. The van der Waals surface area contributed by atoms with E-state index in [2.05, 4.69) is 15.6 Å². The number of carbonyl (C=O) groups excluding carboxylic acids is 3. The van der Waals surface area contributed by atoms with E-state index < -0.39 is 6.04 Å². The van der Waals surface area contributed by atoms with Gasteiger partial charge in [0.1, 0.15) is 29.1 Å². The number of pyridine rings is 1. The van der Waals surface area contributed by atoms with E-state index in [1.54, 1.807) is 74.0 Å². The van der Waals surface area contributed by atoms with E-state index in [0.29, 0.717) is 34.3 Å². The normalized spacial score (nSPS) is 13.8. The Labute approximate surface area is 252 Å². The van der Waals surface area contributed by atoms with Gasteiger partial charge in [0, 0.05) is 43.3 Å². The smallest absolute Gasteiger partial charge is 0.248 e. The van der Waals surface area contributed by atoms with E-state index in [-0.39, 0.29) is 43.0 Å². The predicted octanol–water partition coefficient (Wildman–Crippen LogP) is 5.44. The van der Waals surface area contributed by atoms with Crippen LogP contribution in [0.3, 0.4) is 0 Å². The van der Waals surface area contributed by atoms with Crippen LogP contribution in [0.4, 0.5) is 11.5 Å². The largest absolute Gasteiger partial charge is 0.497 e. The molecule has 10 nitrogen and oxygen atoms in total. The number of nitrogens with zero attached hydrogens (tertiary/aromatic N) is 2. The minimum Gasteiger partial charge on any atom is -0.497 e. The van der Waals surface area contributed by atoms with E-state index in [9.17, 15) is 14.4 Å². The fraction of sp³-hybridized carbons (Fsp3) is 0.394. The van der Waals surface area contributed by atoms with Crippen molar-refractivity contribution in [3.63, 3.8) is 0 Å². The number of benzene rings is 2. The zero-order chi connectivity index (χ0) is 30.6. The summed E-state index contributed by atoms with van der Waals surface area (Å²) in [6.07, 6.45) is 7.05. The van der Waals surface area contributed by atoms with E-state index in [0.717, 1.165) is 32.1 Å². The monoisotopic (exact) mass is 588 g/mol. The lowest BCUT2D eigenvalue weighted by Crippen LogP contribution is -2.47. The molecule has 1 atom stereocenters. The molecule has 1 unspecified atom stereocenters. The molecular weight excluding hydrogens is 548 g/mol. The van der Waals surface area contributed by atoms with Crippen molar-refractivity contribution in [1.29, 1.82) is 0 Å². The molecule has 1 fully saturated rings. The summed E-state index contributed by atoms with van der Waals surface area (Å²) in [6, 6.07) is 16.5. The summed E-state index contributed by atoms with van der Waals surface area (Å²) in [7, 11) is 4.63. The van der Waals surface area contributed by atoms with Gasteiger partial charge < -0.3 is 24.8 Å². The molecule has 0 bridgehead atoms. The van der Waals surface area contributed by atoms with E-state index >= 15 is 0 Å². The molecule has 43 heavy (non-hydrogen) atoms. The van der Waals surface area contributed by atoms with Crippen LogP contribution in [0.15, 0.2) is 66.9 Å². The maximum atomic E-state index is 14.1. The average molecular weight is 589 g/mol. The number of carbonyl (C=O) groups is 3. The first-order chi connectivity index (χ1) is 20.9. The molecule has 1 heterocycles. The fourth-order valence-electron chi connectivity index (χ4n) is 5.26. The first-order valence-electron chi connectivity index (χ1n) is 14.6. The van der Waals surface area contributed by atoms with Crippen LogP contribution >= 0.6 is 0 Å². The van der Waals surface area contributed by atoms with Crippen molar-refractivity contribution in [1.82, 2.24) is 10.3 Å². The van der Waals surface area contributed by atoms with Gasteiger partial charge in [-0.05, 0) is 49.1 Å². The molecule has 0 saturated heterocycles. The summed E-state index contributed by atoms with van der Waals surface area (Å²) in [4.78, 5) is 46.4. The molecule has 2 aromatic carbocycles. The van der Waals surface area contributed by atoms with Gasteiger partial charge in [-0.3, -0.25) is 19.3 Å². The van der Waals surface area contributed by atoms with E-state index in [1.807, 2.05) is 0 Å². The second-order valence-electron chi connectivity index (χ2n) is 10.5. The number of nitrogens with one attached hydrogen (secondary N) is 2. The number of hydrogen-bond acceptors (Lipinski definition) is 7. The molecule has 1 aliphatic carbocycles. The van der Waals surface area contributed by atoms with Crippen molar-refractivity contribution in [3.05, 3.63) is 72.4 Å². The minimum absolute atomic E-state index is 0.0263. The van der Waals surface area contributed by atoms with Gasteiger partial charge in [-0.1, -0.05) is 37.5 Å². The van der Waals surface area contributed by atoms with Crippen LogP contribution in [-0.2, 0) is 14.4 Å². The third-order valence-corrected chi connectivity index (χ3v) is 7.50. The SMILES string of the molecule is COc1ccc(C(C(=O)NC2CCCCC2)N(C(=O)CCCC(=O)Nc2ccccn2)c2cc(OC)cc(OC)c2)cc1. The van der Waals surface area contributed by atoms with Crippen LogP contribution in [0, 0.1) is 0 Å². The van der Waals surface area contributed by atoms with Gasteiger partial charge in [-0.15, -0.1) is 0 Å². The van der Waals surface area contributed by atoms with Crippen LogP contribution in [0.1, 0.15) is 63.0 Å². The third kappa shape index (κ3) is 8.70. The summed E-state index contributed by atoms with van der Waals surface area (Å²) in [5.41, 5.74) is 1.07. The molecular formula is C33H40N4O6. The summed E-state index contributed by atoms with van der Waals surface area (Å²) in [5.74, 6) is 1.19. The highest BCUT2D eigenvalue weighted by atomic mass is 16.5. The Kier molecular flexibility index (Phi) is 11.4. The third-order valence-electron chi connectivity index (χ3n) is 7.50. The molecule has 0 spiro atoms. The molecule has 10 heteroatoms. The number of methoxy groups -OCH3 is 3. The van der Waals surface area contributed by atoms with Crippen molar-refractivity contribution >= 4 is 29.2 Å². The second kappa shape index (κ2) is 15.6. The number of amides is 3. The van der Waals surface area contributed by atoms with Gasteiger partial charge in [-0.2, -0.15) is 0 Å². The predicted molar refractivity (Wildman–Crippen MR) is 165 cm³/mol. The Balaban J connectivity index is 1.66. The van der Waals surface area contributed by atoms with Crippen LogP contribution in [-0.4, -0.2) is 50.1 Å². The molecule has 1 aromatic heterocycles. The van der Waals surface area contributed by atoms with Crippen LogP contribution in [0.5, 0.6) is 17.2 Å². The molecule has 1 aliphatic rings. The summed E-state index contributed by atoms with van der Waals surface area (Å²) in [5, 5.41) is 5.96. The molecule has 0 radical (unpaired) electrons. The highest BCUT2D eigenvalue weighted by Crippen LogP contribution is 2.35. The Hall–Kier alpha value is -4.60. The average Bonchev–Trinajstić information content (AvgIpc) is 3.04. The Morgan fingerprint density at radius 1 is 0.860 bits per heavy atom. The summed E-state index contributed by atoms with van der Waals surface area (Å²) >= 11 is 0. The molecule has 3 aromatic rings. The van der Waals surface area contributed by atoms with Crippen molar-refractivity contribution in [2.24, 2.45) is 0 Å². The maximum Gasteiger partial charge on any atom is 0.248 e. The van der Waals surface area contributed by atoms with E-state index in [1.165, 1.54) is 19.1 Å². The Bertz CT molecular complexity index is 1340. The Morgan fingerprint density at radius 3 is 2.14 bits per heavy atom.